The highest BCUT2D eigenvalue weighted by Crippen LogP contribution is 2.36. The number of carbonyl (C=O) groups is 2. The van der Waals surface area contributed by atoms with Crippen molar-refractivity contribution in [3.05, 3.63) is 28.8 Å². The zero-order valence-corrected chi connectivity index (χ0v) is 17.6. The van der Waals surface area contributed by atoms with E-state index in [1.807, 2.05) is 6.92 Å². The fraction of sp³-hybridized carbons (Fsp3) is 0.524. The zero-order valence-electron chi connectivity index (χ0n) is 16.9. The first-order valence-electron chi connectivity index (χ1n) is 9.47. The van der Waals surface area contributed by atoms with Crippen LogP contribution < -0.4 is 9.47 Å². The lowest BCUT2D eigenvalue weighted by molar-refractivity contribution is -0.149. The Balaban J connectivity index is 1.93. The maximum absolute atomic E-state index is 12.3. The molecule has 1 amide bonds. The van der Waals surface area contributed by atoms with Crippen LogP contribution in [0.3, 0.4) is 0 Å². The smallest absolute Gasteiger partial charge is 0.331 e. The maximum atomic E-state index is 12.3. The summed E-state index contributed by atoms with van der Waals surface area (Å²) in [7, 11) is 1.52. The molecule has 0 bridgehead atoms. The predicted molar refractivity (Wildman–Crippen MR) is 109 cm³/mol. The van der Waals surface area contributed by atoms with Gasteiger partial charge >= 0.3 is 5.97 Å². The van der Waals surface area contributed by atoms with Crippen LogP contribution in [0.5, 0.6) is 11.5 Å². The number of carbonyl (C=O) groups excluding carboxylic acids is 2. The van der Waals surface area contributed by atoms with Gasteiger partial charge in [0.2, 0.25) is 0 Å². The number of likely N-dealkylation sites (tertiary alicyclic amines) is 1. The molecule has 154 valence electrons. The van der Waals surface area contributed by atoms with Gasteiger partial charge in [-0.15, -0.1) is 0 Å². The van der Waals surface area contributed by atoms with Gasteiger partial charge in [0.25, 0.3) is 5.91 Å². The second-order valence-electron chi connectivity index (χ2n) is 7.15. The highest BCUT2D eigenvalue weighted by Gasteiger charge is 2.25. The van der Waals surface area contributed by atoms with Crippen LogP contribution in [0.25, 0.3) is 6.08 Å². The zero-order chi connectivity index (χ0) is 20.7. The Hall–Kier alpha value is -2.21. The fourth-order valence-electron chi connectivity index (χ4n) is 3.42. The highest BCUT2D eigenvalue weighted by molar-refractivity contribution is 6.32. The average molecular weight is 410 g/mol. The van der Waals surface area contributed by atoms with Crippen molar-refractivity contribution < 1.29 is 23.8 Å². The minimum Gasteiger partial charge on any atom is -0.493 e. The molecule has 1 aliphatic rings. The Bertz CT molecular complexity index is 724. The largest absolute Gasteiger partial charge is 0.493 e. The van der Waals surface area contributed by atoms with E-state index in [4.69, 9.17) is 25.8 Å². The molecule has 2 atom stereocenters. The molecule has 0 unspecified atom stereocenters. The molecule has 0 spiro atoms. The van der Waals surface area contributed by atoms with Crippen molar-refractivity contribution in [3.63, 3.8) is 0 Å². The van der Waals surface area contributed by atoms with E-state index in [-0.39, 0.29) is 12.5 Å². The number of benzene rings is 1. The molecule has 6 nitrogen and oxygen atoms in total. The third-order valence-corrected chi connectivity index (χ3v) is 4.79. The number of amides is 1. The van der Waals surface area contributed by atoms with Crippen molar-refractivity contribution in [2.75, 3.05) is 33.4 Å². The van der Waals surface area contributed by atoms with Gasteiger partial charge in [-0.3, -0.25) is 4.79 Å². The lowest BCUT2D eigenvalue weighted by Gasteiger charge is -2.34. The summed E-state index contributed by atoms with van der Waals surface area (Å²) >= 11 is 6.21. The van der Waals surface area contributed by atoms with Crippen molar-refractivity contribution in [3.8, 4) is 11.5 Å². The van der Waals surface area contributed by atoms with E-state index < -0.39 is 5.97 Å². The SMILES string of the molecule is CCOc1c(Cl)cc(/C=C/C(=O)OCC(=O)N2C[C@@H](C)C[C@H](C)C2)cc1OC. The summed E-state index contributed by atoms with van der Waals surface area (Å²) in [5, 5.41) is 0.387. The molecule has 1 aromatic carbocycles. The molecule has 0 radical (unpaired) electrons. The van der Waals surface area contributed by atoms with Crippen LogP contribution in [-0.2, 0) is 14.3 Å². The molecule has 0 saturated carbocycles. The number of esters is 1. The Kier molecular flexibility index (Phi) is 8.18. The molecular weight excluding hydrogens is 382 g/mol. The average Bonchev–Trinajstić information content (AvgIpc) is 2.65. The number of halogens is 1. The third-order valence-electron chi connectivity index (χ3n) is 4.51. The summed E-state index contributed by atoms with van der Waals surface area (Å²) in [5.74, 6) is 1.11. The Morgan fingerprint density at radius 1 is 1.25 bits per heavy atom. The monoisotopic (exact) mass is 409 g/mol. The maximum Gasteiger partial charge on any atom is 0.331 e. The second kappa shape index (κ2) is 10.4. The Morgan fingerprint density at radius 2 is 1.93 bits per heavy atom. The summed E-state index contributed by atoms with van der Waals surface area (Å²) in [6.07, 6.45) is 3.93. The topological polar surface area (TPSA) is 65.1 Å². The lowest BCUT2D eigenvalue weighted by Crippen LogP contribution is -2.44. The Morgan fingerprint density at radius 3 is 2.54 bits per heavy atom. The van der Waals surface area contributed by atoms with Crippen LogP contribution in [-0.4, -0.2) is 50.2 Å². The van der Waals surface area contributed by atoms with Crippen LogP contribution in [0, 0.1) is 11.8 Å². The van der Waals surface area contributed by atoms with E-state index in [2.05, 4.69) is 13.8 Å². The lowest BCUT2D eigenvalue weighted by atomic mass is 9.92. The number of nitrogens with zero attached hydrogens (tertiary/aromatic N) is 1. The van der Waals surface area contributed by atoms with Crippen molar-refractivity contribution in [1.82, 2.24) is 4.90 Å². The van der Waals surface area contributed by atoms with E-state index in [9.17, 15) is 9.59 Å². The van der Waals surface area contributed by atoms with Gasteiger partial charge in [-0.25, -0.2) is 4.79 Å². The first kappa shape index (κ1) is 22.1. The summed E-state index contributed by atoms with van der Waals surface area (Å²) in [5.41, 5.74) is 0.659. The highest BCUT2D eigenvalue weighted by atomic mass is 35.5. The normalized spacial score (nSPS) is 19.5. The van der Waals surface area contributed by atoms with Crippen LogP contribution in [0.15, 0.2) is 18.2 Å². The summed E-state index contributed by atoms with van der Waals surface area (Å²) in [4.78, 5) is 26.0. The van der Waals surface area contributed by atoms with E-state index in [0.717, 1.165) is 6.42 Å². The van der Waals surface area contributed by atoms with Gasteiger partial charge in [0.05, 0.1) is 18.7 Å². The fourth-order valence-corrected chi connectivity index (χ4v) is 3.70. The molecule has 1 saturated heterocycles. The molecule has 1 aromatic rings. The molecule has 1 heterocycles. The van der Waals surface area contributed by atoms with Gasteiger partial charge < -0.3 is 19.1 Å². The Labute approximate surface area is 171 Å². The third kappa shape index (κ3) is 6.16. The van der Waals surface area contributed by atoms with Crippen molar-refractivity contribution in [1.29, 1.82) is 0 Å². The molecule has 1 aliphatic heterocycles. The van der Waals surface area contributed by atoms with Crippen LogP contribution in [0.2, 0.25) is 5.02 Å². The minimum absolute atomic E-state index is 0.161. The number of rotatable bonds is 7. The van der Waals surface area contributed by atoms with E-state index in [0.29, 0.717) is 53.6 Å². The van der Waals surface area contributed by atoms with E-state index in [1.165, 1.54) is 13.2 Å². The summed E-state index contributed by atoms with van der Waals surface area (Å²) in [6, 6.07) is 3.38. The minimum atomic E-state index is -0.588. The molecule has 0 N–H and O–H groups in total. The van der Waals surface area contributed by atoms with Gasteiger partial charge in [-0.2, -0.15) is 0 Å². The molecule has 0 aliphatic carbocycles. The van der Waals surface area contributed by atoms with Crippen LogP contribution >= 0.6 is 11.6 Å². The van der Waals surface area contributed by atoms with Gasteiger partial charge in [0, 0.05) is 19.2 Å². The van der Waals surface area contributed by atoms with Crippen molar-refractivity contribution in [2.24, 2.45) is 11.8 Å². The van der Waals surface area contributed by atoms with Crippen molar-refractivity contribution >= 4 is 29.6 Å². The molecule has 1 fully saturated rings. The quantitative estimate of drug-likeness (QED) is 0.506. The van der Waals surface area contributed by atoms with Gasteiger partial charge in [0.15, 0.2) is 18.1 Å². The number of ether oxygens (including phenoxy) is 3. The van der Waals surface area contributed by atoms with Crippen LogP contribution in [0.4, 0.5) is 0 Å². The van der Waals surface area contributed by atoms with Crippen LogP contribution in [0.1, 0.15) is 32.8 Å². The molecule has 28 heavy (non-hydrogen) atoms. The van der Waals surface area contributed by atoms with Gasteiger partial charge in [-0.1, -0.05) is 25.4 Å². The standard InChI is InChI=1S/C21H28ClNO5/c1-5-27-21-17(22)9-16(10-18(21)26-4)6-7-20(25)28-13-19(24)23-11-14(2)8-15(3)12-23/h6-7,9-10,14-15H,5,8,11-13H2,1-4H3/b7-6+/t14-,15-/m0/s1. The number of piperidine rings is 1. The second-order valence-corrected chi connectivity index (χ2v) is 7.56. The summed E-state index contributed by atoms with van der Waals surface area (Å²) in [6.45, 7) is 7.73. The number of hydrogen-bond acceptors (Lipinski definition) is 5. The van der Waals surface area contributed by atoms with E-state index >= 15 is 0 Å². The number of methoxy groups -OCH3 is 1. The van der Waals surface area contributed by atoms with Gasteiger partial charge in [0.1, 0.15) is 0 Å². The molecule has 0 aromatic heterocycles. The molecular formula is C21H28ClNO5. The number of hydrogen-bond donors (Lipinski definition) is 0. The van der Waals surface area contributed by atoms with E-state index in [1.54, 1.807) is 23.1 Å². The first-order valence-corrected chi connectivity index (χ1v) is 9.84. The predicted octanol–water partition coefficient (Wildman–Crippen LogP) is 3.81. The molecule has 2 rings (SSSR count). The summed E-state index contributed by atoms with van der Waals surface area (Å²) < 4.78 is 15.8. The van der Waals surface area contributed by atoms with Crippen molar-refractivity contribution in [2.45, 2.75) is 27.2 Å². The molecule has 7 heteroatoms. The first-order chi connectivity index (χ1) is 13.3. The van der Waals surface area contributed by atoms with Gasteiger partial charge in [-0.05, 0) is 49.0 Å².